The van der Waals surface area contributed by atoms with Crippen LogP contribution < -0.4 is 5.73 Å². The predicted molar refractivity (Wildman–Crippen MR) is 245 cm³/mol. The lowest BCUT2D eigenvalue weighted by atomic mass is 10.1. The summed E-state index contributed by atoms with van der Waals surface area (Å²) in [5, 5.41) is 8.91. The Bertz CT molecular complexity index is 1160. The Hall–Kier alpha value is -2.30. The smallest absolute Gasteiger partial charge is 0.472 e. The average Bonchev–Trinajstić information content (AvgIpc) is 3.22. The summed E-state index contributed by atoms with van der Waals surface area (Å²) in [4.78, 5) is 46.1. The number of phosphoric ester groups is 1. The van der Waals surface area contributed by atoms with Gasteiger partial charge < -0.3 is 25.2 Å². The average molecular weight is 870 g/mol. The molecule has 4 N–H and O–H groups in total. The first kappa shape index (κ1) is 57.7. The quantitative estimate of drug-likeness (QED) is 0.0230. The number of ether oxygens (including phenoxy) is 2. The minimum Gasteiger partial charge on any atom is -0.480 e. The van der Waals surface area contributed by atoms with E-state index >= 15 is 0 Å². The Morgan fingerprint density at radius 1 is 0.517 bits per heavy atom. The Kier molecular flexibility index (Phi) is 41.7. The predicted octanol–water partition coefficient (Wildman–Crippen LogP) is 13.2. The fourth-order valence-electron chi connectivity index (χ4n) is 6.56. The number of unbranched alkanes of at least 4 members (excludes halogenated alkanes) is 25. The van der Waals surface area contributed by atoms with E-state index in [0.29, 0.717) is 12.8 Å². The Morgan fingerprint density at radius 3 is 1.35 bits per heavy atom. The number of phosphoric acid groups is 1. The molecule has 0 heterocycles. The van der Waals surface area contributed by atoms with Crippen LogP contribution in [0.5, 0.6) is 0 Å². The maximum atomic E-state index is 12.7. The van der Waals surface area contributed by atoms with E-state index in [-0.39, 0.29) is 19.4 Å². The molecule has 0 aromatic rings. The summed E-state index contributed by atoms with van der Waals surface area (Å²) in [5.41, 5.74) is 5.34. The number of carboxylic acid groups (broad SMARTS) is 1. The number of nitrogens with two attached hydrogens (primary N) is 1. The van der Waals surface area contributed by atoms with E-state index in [1.807, 2.05) is 0 Å². The van der Waals surface area contributed by atoms with Gasteiger partial charge in [-0.15, -0.1) is 0 Å². The number of allylic oxidation sites excluding steroid dienone is 6. The fraction of sp³-hybridized carbons (Fsp3) is 0.812. The van der Waals surface area contributed by atoms with Crippen LogP contribution in [0.2, 0.25) is 0 Å². The number of rotatable bonds is 45. The maximum absolute atomic E-state index is 12.7. The van der Waals surface area contributed by atoms with Crippen LogP contribution in [-0.4, -0.2) is 59.9 Å². The van der Waals surface area contributed by atoms with Crippen molar-refractivity contribution in [1.29, 1.82) is 0 Å². The van der Waals surface area contributed by atoms with Crippen molar-refractivity contribution in [1.82, 2.24) is 0 Å². The minimum absolute atomic E-state index is 0.156. The number of carboxylic acids is 1. The lowest BCUT2D eigenvalue weighted by Crippen LogP contribution is -2.34. The van der Waals surface area contributed by atoms with Crippen molar-refractivity contribution in [3.05, 3.63) is 36.5 Å². The molecule has 0 aliphatic rings. The van der Waals surface area contributed by atoms with Crippen LogP contribution in [0, 0.1) is 0 Å². The number of hydrogen-bond acceptors (Lipinski definition) is 9. The zero-order chi connectivity index (χ0) is 44.2. The molecule has 0 fully saturated rings. The molecule has 0 bridgehead atoms. The van der Waals surface area contributed by atoms with Gasteiger partial charge >= 0.3 is 25.7 Å². The van der Waals surface area contributed by atoms with Gasteiger partial charge in [-0.1, -0.05) is 172 Å². The molecule has 0 aliphatic heterocycles. The van der Waals surface area contributed by atoms with Crippen molar-refractivity contribution in [3.8, 4) is 0 Å². The van der Waals surface area contributed by atoms with Crippen molar-refractivity contribution in [2.24, 2.45) is 5.73 Å². The molecule has 0 radical (unpaired) electrons. The number of esters is 2. The Balaban J connectivity index is 4.30. The third-order valence-corrected chi connectivity index (χ3v) is 11.3. The second-order valence-electron chi connectivity index (χ2n) is 16.2. The van der Waals surface area contributed by atoms with Crippen LogP contribution in [0.4, 0.5) is 0 Å². The molecule has 0 aliphatic carbocycles. The third kappa shape index (κ3) is 42.4. The highest BCUT2D eigenvalue weighted by Gasteiger charge is 2.28. The highest BCUT2D eigenvalue weighted by atomic mass is 31.2. The van der Waals surface area contributed by atoms with Crippen LogP contribution in [0.25, 0.3) is 0 Å². The number of hydrogen-bond donors (Lipinski definition) is 3. The molecule has 0 spiro atoms. The summed E-state index contributed by atoms with van der Waals surface area (Å²) in [5.74, 6) is -2.38. The summed E-state index contributed by atoms with van der Waals surface area (Å²) in [6, 6.07) is -1.52. The SMILES string of the molecule is CCCCC/C=C\C/C=C\CCCCCCCCCCCC(=O)OC(COC(=O)CCCCCCCCC/C=C\CCCCCCCC)COP(=O)(O)OCC(N)C(=O)O. The Morgan fingerprint density at radius 2 is 0.883 bits per heavy atom. The largest absolute Gasteiger partial charge is 0.480 e. The highest BCUT2D eigenvalue weighted by molar-refractivity contribution is 7.47. The number of carbonyl (C=O) groups is 3. The van der Waals surface area contributed by atoms with E-state index in [9.17, 15) is 23.8 Å². The molecule has 11 nitrogen and oxygen atoms in total. The Labute approximate surface area is 365 Å². The monoisotopic (exact) mass is 870 g/mol. The molecular formula is C48H88NO10P. The molecule has 0 rings (SSSR count). The topological polar surface area (TPSA) is 172 Å². The lowest BCUT2D eigenvalue weighted by Gasteiger charge is -2.20. The number of aliphatic carboxylic acids is 1. The standard InChI is InChI=1S/C48H88NO10P/c1-3-5-7-9-11-13-15-17-19-21-22-24-26-28-30-32-34-36-38-40-47(51)59-44(42-57-60(54,55)58-43-45(49)48(52)53)41-56-46(50)39-37-35-33-31-29-27-25-23-20-18-16-14-12-10-8-6-4-2/h11,13,17-20,44-45H,3-10,12,14-16,21-43,49H2,1-2H3,(H,52,53)(H,54,55)/b13-11-,19-17-,20-18-. The molecule has 3 unspecified atom stereocenters. The fourth-order valence-corrected chi connectivity index (χ4v) is 7.34. The van der Waals surface area contributed by atoms with Gasteiger partial charge in [-0.25, -0.2) is 4.57 Å². The maximum Gasteiger partial charge on any atom is 0.472 e. The van der Waals surface area contributed by atoms with Crippen molar-refractivity contribution in [3.63, 3.8) is 0 Å². The second kappa shape index (κ2) is 43.4. The van der Waals surface area contributed by atoms with Crippen LogP contribution in [-0.2, 0) is 37.5 Å². The van der Waals surface area contributed by atoms with Crippen LogP contribution in [0.1, 0.15) is 219 Å². The van der Waals surface area contributed by atoms with E-state index in [0.717, 1.165) is 57.8 Å². The minimum atomic E-state index is -4.72. The van der Waals surface area contributed by atoms with Gasteiger partial charge in [-0.05, 0) is 70.6 Å². The van der Waals surface area contributed by atoms with Gasteiger partial charge in [0.15, 0.2) is 6.10 Å². The molecule has 12 heteroatoms. The van der Waals surface area contributed by atoms with Gasteiger partial charge in [0, 0.05) is 12.8 Å². The van der Waals surface area contributed by atoms with Crippen LogP contribution in [0.3, 0.4) is 0 Å². The normalized spacial score (nSPS) is 13.9. The molecule has 0 aromatic heterocycles. The summed E-state index contributed by atoms with van der Waals surface area (Å²) in [6.07, 6.45) is 47.7. The zero-order valence-electron chi connectivity index (χ0n) is 38.1. The van der Waals surface area contributed by atoms with E-state index in [1.54, 1.807) is 0 Å². The van der Waals surface area contributed by atoms with E-state index < -0.39 is 51.1 Å². The highest BCUT2D eigenvalue weighted by Crippen LogP contribution is 2.43. The van der Waals surface area contributed by atoms with Crippen molar-refractivity contribution in [2.75, 3.05) is 19.8 Å². The van der Waals surface area contributed by atoms with Crippen molar-refractivity contribution < 1.29 is 47.5 Å². The first-order valence-electron chi connectivity index (χ1n) is 24.0. The molecule has 0 saturated heterocycles. The molecule has 0 saturated carbocycles. The van der Waals surface area contributed by atoms with Crippen LogP contribution in [0.15, 0.2) is 36.5 Å². The van der Waals surface area contributed by atoms with E-state index in [2.05, 4.69) is 54.8 Å². The third-order valence-electron chi connectivity index (χ3n) is 10.4. The van der Waals surface area contributed by atoms with E-state index in [4.69, 9.17) is 24.8 Å². The van der Waals surface area contributed by atoms with Gasteiger partial charge in [0.25, 0.3) is 0 Å². The zero-order valence-corrected chi connectivity index (χ0v) is 38.9. The lowest BCUT2D eigenvalue weighted by molar-refractivity contribution is -0.161. The van der Waals surface area contributed by atoms with E-state index in [1.165, 1.54) is 122 Å². The molecule has 0 amide bonds. The van der Waals surface area contributed by atoms with Crippen LogP contribution >= 0.6 is 7.82 Å². The molecular weight excluding hydrogens is 781 g/mol. The van der Waals surface area contributed by atoms with Gasteiger partial charge in [0.05, 0.1) is 13.2 Å². The summed E-state index contributed by atoms with van der Waals surface area (Å²) >= 11 is 0. The van der Waals surface area contributed by atoms with Crippen molar-refractivity contribution >= 4 is 25.7 Å². The second-order valence-corrected chi connectivity index (χ2v) is 17.7. The first-order valence-corrected chi connectivity index (χ1v) is 25.5. The molecule has 60 heavy (non-hydrogen) atoms. The molecule has 0 aromatic carbocycles. The van der Waals surface area contributed by atoms with Gasteiger partial charge in [-0.3, -0.25) is 23.4 Å². The van der Waals surface area contributed by atoms with Gasteiger partial charge in [0.1, 0.15) is 12.6 Å². The number of carbonyl (C=O) groups excluding carboxylic acids is 2. The van der Waals surface area contributed by atoms with Gasteiger partial charge in [0.2, 0.25) is 0 Å². The molecule has 3 atom stereocenters. The summed E-state index contributed by atoms with van der Waals surface area (Å²) < 4.78 is 32.8. The van der Waals surface area contributed by atoms with Gasteiger partial charge in [-0.2, -0.15) is 0 Å². The first-order chi connectivity index (χ1) is 29.1. The summed E-state index contributed by atoms with van der Waals surface area (Å²) in [7, 11) is -4.72. The summed E-state index contributed by atoms with van der Waals surface area (Å²) in [6.45, 7) is 2.79. The molecule has 350 valence electrons. The van der Waals surface area contributed by atoms with Crippen molar-refractivity contribution in [2.45, 2.75) is 231 Å².